The van der Waals surface area contributed by atoms with Gasteiger partial charge in [0.1, 0.15) is 0 Å². The van der Waals surface area contributed by atoms with Gasteiger partial charge in [0.05, 0.1) is 6.04 Å². The number of anilines is 1. The summed E-state index contributed by atoms with van der Waals surface area (Å²) in [6.45, 7) is 0.939. The van der Waals surface area contributed by atoms with E-state index in [9.17, 15) is 4.79 Å². The number of rotatable bonds is 2. The Morgan fingerprint density at radius 1 is 1.47 bits per heavy atom. The zero-order chi connectivity index (χ0) is 12.3. The van der Waals surface area contributed by atoms with Crippen molar-refractivity contribution < 1.29 is 4.79 Å². The van der Waals surface area contributed by atoms with Crippen molar-refractivity contribution in [2.45, 2.75) is 25.3 Å². The Kier molecular flexibility index (Phi) is 4.81. The third kappa shape index (κ3) is 3.66. The predicted octanol–water partition coefficient (Wildman–Crippen LogP) is 3.13. The summed E-state index contributed by atoms with van der Waals surface area (Å²) >= 11 is 5.70. The highest BCUT2D eigenvalue weighted by atomic mass is 127. The molecule has 1 aromatic carbocycles. The van der Waals surface area contributed by atoms with Crippen LogP contribution in [0, 0.1) is 3.57 Å². The summed E-state index contributed by atoms with van der Waals surface area (Å²) in [6.07, 6.45) is 3.22. The van der Waals surface area contributed by atoms with E-state index in [0.29, 0.717) is 0 Å². The molecule has 0 aromatic heterocycles. The van der Waals surface area contributed by atoms with E-state index in [2.05, 4.69) is 49.2 Å². The first kappa shape index (κ1) is 13.3. The summed E-state index contributed by atoms with van der Waals surface area (Å²) in [5.74, 6) is 0.0674. The minimum absolute atomic E-state index is 0.0400. The maximum Gasteiger partial charge on any atom is 0.241 e. The number of carbonyl (C=O) groups excluding carboxylic acids is 1. The average molecular weight is 409 g/mol. The highest BCUT2D eigenvalue weighted by Crippen LogP contribution is 2.23. The van der Waals surface area contributed by atoms with Crippen LogP contribution in [-0.2, 0) is 4.79 Å². The van der Waals surface area contributed by atoms with Crippen LogP contribution in [0.1, 0.15) is 19.3 Å². The molecule has 2 N–H and O–H groups in total. The van der Waals surface area contributed by atoms with Gasteiger partial charge in [-0.2, -0.15) is 0 Å². The van der Waals surface area contributed by atoms with Gasteiger partial charge in [-0.3, -0.25) is 4.79 Å². The zero-order valence-corrected chi connectivity index (χ0v) is 13.0. The maximum atomic E-state index is 12.0. The van der Waals surface area contributed by atoms with E-state index in [1.807, 2.05) is 18.2 Å². The number of halogens is 2. The van der Waals surface area contributed by atoms with Gasteiger partial charge in [0.25, 0.3) is 0 Å². The number of carbonyl (C=O) groups is 1. The van der Waals surface area contributed by atoms with E-state index in [1.54, 1.807) is 0 Å². The fourth-order valence-corrected chi connectivity index (χ4v) is 2.59. The standard InChI is InChI=1S/C12H14BrIN2O/c13-9-7-8(4-5-10(9)14)16-12(17)11-3-1-2-6-15-11/h4-5,7,11,15H,1-3,6H2,(H,16,17)/t11-/m1/s1. The summed E-state index contributed by atoms with van der Waals surface area (Å²) in [6, 6.07) is 5.80. The molecule has 0 spiro atoms. The van der Waals surface area contributed by atoms with Crippen molar-refractivity contribution in [1.82, 2.24) is 5.32 Å². The molecule has 3 nitrogen and oxygen atoms in total. The lowest BCUT2D eigenvalue weighted by Crippen LogP contribution is -2.43. The van der Waals surface area contributed by atoms with Gasteiger partial charge in [-0.1, -0.05) is 6.42 Å². The van der Waals surface area contributed by atoms with Crippen LogP contribution < -0.4 is 10.6 Å². The minimum atomic E-state index is -0.0400. The van der Waals surface area contributed by atoms with Crippen molar-refractivity contribution in [3.05, 3.63) is 26.2 Å². The van der Waals surface area contributed by atoms with Crippen LogP contribution in [0.3, 0.4) is 0 Å². The fraction of sp³-hybridized carbons (Fsp3) is 0.417. The average Bonchev–Trinajstić information content (AvgIpc) is 2.35. The Labute approximate surface area is 123 Å². The highest BCUT2D eigenvalue weighted by Gasteiger charge is 2.20. The minimum Gasteiger partial charge on any atom is -0.325 e. The third-order valence-electron chi connectivity index (χ3n) is 2.81. The molecule has 0 bridgehead atoms. The number of hydrogen-bond acceptors (Lipinski definition) is 2. The molecular weight excluding hydrogens is 395 g/mol. The van der Waals surface area contributed by atoms with Crippen LogP contribution in [0.2, 0.25) is 0 Å². The van der Waals surface area contributed by atoms with Crippen molar-refractivity contribution in [2.24, 2.45) is 0 Å². The second-order valence-corrected chi connectivity index (χ2v) is 6.14. The number of piperidine rings is 1. The number of hydrogen-bond donors (Lipinski definition) is 2. The summed E-state index contributed by atoms with van der Waals surface area (Å²) in [5, 5.41) is 6.18. The molecule has 0 aliphatic carbocycles. The van der Waals surface area contributed by atoms with Crippen LogP contribution >= 0.6 is 38.5 Å². The Morgan fingerprint density at radius 2 is 2.29 bits per heavy atom. The molecule has 1 saturated heterocycles. The first-order chi connectivity index (χ1) is 8.16. The topological polar surface area (TPSA) is 41.1 Å². The molecule has 1 aromatic rings. The Morgan fingerprint density at radius 3 is 2.94 bits per heavy atom. The van der Waals surface area contributed by atoms with Crippen molar-refractivity contribution in [3.8, 4) is 0 Å². The van der Waals surface area contributed by atoms with Gasteiger partial charge in [0, 0.05) is 13.7 Å². The summed E-state index contributed by atoms with van der Waals surface area (Å²) < 4.78 is 2.14. The molecule has 1 heterocycles. The van der Waals surface area contributed by atoms with Crippen molar-refractivity contribution in [1.29, 1.82) is 0 Å². The molecule has 2 rings (SSSR count). The molecule has 1 aliphatic heterocycles. The highest BCUT2D eigenvalue weighted by molar-refractivity contribution is 14.1. The zero-order valence-electron chi connectivity index (χ0n) is 9.30. The van der Waals surface area contributed by atoms with E-state index in [4.69, 9.17) is 0 Å². The molecular formula is C12H14BrIN2O. The lowest BCUT2D eigenvalue weighted by molar-refractivity contribution is -0.118. The first-order valence-corrected chi connectivity index (χ1v) is 7.53. The monoisotopic (exact) mass is 408 g/mol. The van der Waals surface area contributed by atoms with Crippen molar-refractivity contribution >= 4 is 50.1 Å². The van der Waals surface area contributed by atoms with Gasteiger partial charge < -0.3 is 10.6 Å². The molecule has 92 valence electrons. The van der Waals surface area contributed by atoms with Crippen LogP contribution in [0.25, 0.3) is 0 Å². The van der Waals surface area contributed by atoms with E-state index >= 15 is 0 Å². The number of nitrogens with one attached hydrogen (secondary N) is 2. The second kappa shape index (κ2) is 6.15. The number of benzene rings is 1. The summed E-state index contributed by atoms with van der Waals surface area (Å²) in [5.41, 5.74) is 0.842. The van der Waals surface area contributed by atoms with Gasteiger partial charge >= 0.3 is 0 Å². The molecule has 0 radical (unpaired) electrons. The van der Waals surface area contributed by atoms with Crippen LogP contribution in [0.15, 0.2) is 22.7 Å². The summed E-state index contributed by atoms with van der Waals surface area (Å²) in [4.78, 5) is 12.0. The van der Waals surface area contributed by atoms with Gasteiger partial charge in [0.2, 0.25) is 5.91 Å². The SMILES string of the molecule is O=C(Nc1ccc(I)c(Br)c1)[C@H]1CCCCN1. The quantitative estimate of drug-likeness (QED) is 0.738. The van der Waals surface area contributed by atoms with Crippen LogP contribution in [0.4, 0.5) is 5.69 Å². The molecule has 1 amide bonds. The van der Waals surface area contributed by atoms with Gasteiger partial charge in [-0.25, -0.2) is 0 Å². The second-order valence-electron chi connectivity index (χ2n) is 4.12. The molecule has 1 aliphatic rings. The van der Waals surface area contributed by atoms with Gasteiger partial charge in [-0.05, 0) is 76.1 Å². The normalized spacial score (nSPS) is 20.0. The van der Waals surface area contributed by atoms with E-state index < -0.39 is 0 Å². The van der Waals surface area contributed by atoms with Crippen LogP contribution in [-0.4, -0.2) is 18.5 Å². The van der Waals surface area contributed by atoms with E-state index in [1.165, 1.54) is 6.42 Å². The lowest BCUT2D eigenvalue weighted by atomic mass is 10.0. The largest absolute Gasteiger partial charge is 0.325 e. The number of amides is 1. The van der Waals surface area contributed by atoms with Gasteiger partial charge in [-0.15, -0.1) is 0 Å². The summed E-state index contributed by atoms with van der Waals surface area (Å²) in [7, 11) is 0. The van der Waals surface area contributed by atoms with Crippen molar-refractivity contribution in [2.75, 3.05) is 11.9 Å². The van der Waals surface area contributed by atoms with Crippen molar-refractivity contribution in [3.63, 3.8) is 0 Å². The van der Waals surface area contributed by atoms with E-state index in [-0.39, 0.29) is 11.9 Å². The lowest BCUT2D eigenvalue weighted by Gasteiger charge is -2.22. The Bertz CT molecular complexity index is 419. The maximum absolute atomic E-state index is 12.0. The predicted molar refractivity (Wildman–Crippen MR) is 81.1 cm³/mol. The molecule has 0 saturated carbocycles. The third-order valence-corrected chi connectivity index (χ3v) is 5.15. The molecule has 5 heteroatoms. The molecule has 17 heavy (non-hydrogen) atoms. The Balaban J connectivity index is 1.99. The van der Waals surface area contributed by atoms with Crippen LogP contribution in [0.5, 0.6) is 0 Å². The molecule has 1 atom stereocenters. The molecule has 0 unspecified atom stereocenters. The van der Waals surface area contributed by atoms with E-state index in [0.717, 1.165) is 33.1 Å². The Hall–Kier alpha value is -0.140. The fourth-order valence-electron chi connectivity index (χ4n) is 1.88. The smallest absolute Gasteiger partial charge is 0.241 e. The first-order valence-electron chi connectivity index (χ1n) is 5.66. The molecule has 1 fully saturated rings. The van der Waals surface area contributed by atoms with Gasteiger partial charge in [0.15, 0.2) is 0 Å².